The minimum absolute atomic E-state index is 0.156. The molecule has 35 heavy (non-hydrogen) atoms. The molecule has 0 unspecified atom stereocenters. The maximum absolute atomic E-state index is 13.9. The Morgan fingerprint density at radius 1 is 1.03 bits per heavy atom. The number of imidazole rings is 2. The zero-order chi connectivity index (χ0) is 24.5. The molecule has 5 rings (SSSR count). The van der Waals surface area contributed by atoms with Gasteiger partial charge in [-0.15, -0.1) is 0 Å². The fraction of sp³-hybridized carbons (Fsp3) is 0.120. The molecule has 1 amide bonds. The molecule has 0 bridgehead atoms. The summed E-state index contributed by atoms with van der Waals surface area (Å²) in [5, 5.41) is 2.53. The number of anilines is 1. The number of aromatic nitrogens is 5. The maximum Gasteiger partial charge on any atom is 0.412 e. The second-order valence-electron chi connectivity index (χ2n) is 7.74. The smallest absolute Gasteiger partial charge is 0.412 e. The summed E-state index contributed by atoms with van der Waals surface area (Å²) in [7, 11) is 2.72. The van der Waals surface area contributed by atoms with Gasteiger partial charge in [-0.3, -0.25) is 14.3 Å². The molecule has 0 aliphatic heterocycles. The van der Waals surface area contributed by atoms with Gasteiger partial charge in [0.15, 0.2) is 11.6 Å². The van der Waals surface area contributed by atoms with Crippen LogP contribution in [0.3, 0.4) is 0 Å². The van der Waals surface area contributed by atoms with Gasteiger partial charge in [-0.05, 0) is 42.8 Å². The van der Waals surface area contributed by atoms with E-state index in [4.69, 9.17) is 4.74 Å². The molecular formula is C25H21FN6O3. The molecule has 5 aromatic rings. The van der Waals surface area contributed by atoms with E-state index in [2.05, 4.69) is 25.0 Å². The Hall–Kier alpha value is -4.73. The highest BCUT2D eigenvalue weighted by Gasteiger charge is 2.15. The zero-order valence-electron chi connectivity index (χ0n) is 19.2. The van der Waals surface area contributed by atoms with Crippen molar-refractivity contribution in [3.63, 3.8) is 0 Å². The van der Waals surface area contributed by atoms with Gasteiger partial charge in [-0.25, -0.2) is 24.1 Å². The van der Waals surface area contributed by atoms with Gasteiger partial charge in [0.1, 0.15) is 17.3 Å². The summed E-state index contributed by atoms with van der Waals surface area (Å²) in [5.41, 5.74) is 4.95. The van der Waals surface area contributed by atoms with Crippen molar-refractivity contribution >= 4 is 17.6 Å². The first-order valence-corrected chi connectivity index (χ1v) is 10.6. The first-order valence-electron chi connectivity index (χ1n) is 10.6. The average Bonchev–Trinajstić information content (AvgIpc) is 3.53. The van der Waals surface area contributed by atoms with Crippen LogP contribution in [0.15, 0.2) is 67.4 Å². The van der Waals surface area contributed by atoms with E-state index >= 15 is 0 Å². The van der Waals surface area contributed by atoms with Crippen LogP contribution in [0.2, 0.25) is 0 Å². The average molecular weight is 472 g/mol. The summed E-state index contributed by atoms with van der Waals surface area (Å²) in [6.45, 7) is 1.98. The molecule has 0 fully saturated rings. The molecule has 0 aliphatic carbocycles. The van der Waals surface area contributed by atoms with Gasteiger partial charge in [0, 0.05) is 42.0 Å². The van der Waals surface area contributed by atoms with Crippen LogP contribution in [0.25, 0.3) is 34.0 Å². The predicted octanol–water partition coefficient (Wildman–Crippen LogP) is 4.88. The molecule has 0 atom stereocenters. The molecule has 0 spiro atoms. The number of aryl methyl sites for hydroxylation is 1. The van der Waals surface area contributed by atoms with Crippen LogP contribution in [0.5, 0.6) is 5.75 Å². The topological polar surface area (TPSA) is 95.6 Å². The van der Waals surface area contributed by atoms with Crippen molar-refractivity contribution in [3.8, 4) is 34.1 Å². The van der Waals surface area contributed by atoms with Crippen molar-refractivity contribution in [2.75, 3.05) is 19.5 Å². The number of nitrogens with one attached hydrogen (secondary N) is 1. The van der Waals surface area contributed by atoms with E-state index < -0.39 is 11.9 Å². The lowest BCUT2D eigenvalue weighted by Gasteiger charge is -2.12. The lowest BCUT2D eigenvalue weighted by molar-refractivity contribution is 0.187. The molecule has 1 N–H and O–H groups in total. The summed E-state index contributed by atoms with van der Waals surface area (Å²) >= 11 is 0. The maximum atomic E-state index is 13.9. The Kier molecular flexibility index (Phi) is 5.61. The lowest BCUT2D eigenvalue weighted by atomic mass is 10.1. The number of halogens is 1. The zero-order valence-corrected chi connectivity index (χ0v) is 19.2. The quantitative estimate of drug-likeness (QED) is 0.392. The number of hydrogen-bond donors (Lipinski definition) is 1. The first-order chi connectivity index (χ1) is 17.0. The molecule has 1 aromatic carbocycles. The third kappa shape index (κ3) is 4.05. The number of carbonyl (C=O) groups excluding carboxylic acids is 1. The van der Waals surface area contributed by atoms with Crippen molar-refractivity contribution < 1.29 is 18.7 Å². The van der Waals surface area contributed by atoms with Crippen LogP contribution in [0.1, 0.15) is 5.56 Å². The van der Waals surface area contributed by atoms with Crippen LogP contribution in [0.4, 0.5) is 15.0 Å². The molecule has 4 aromatic heterocycles. The van der Waals surface area contributed by atoms with Gasteiger partial charge < -0.3 is 9.47 Å². The molecule has 0 radical (unpaired) electrons. The van der Waals surface area contributed by atoms with E-state index in [1.165, 1.54) is 20.3 Å². The summed E-state index contributed by atoms with van der Waals surface area (Å²) in [4.78, 5) is 24.8. The number of methoxy groups -OCH3 is 2. The van der Waals surface area contributed by atoms with Gasteiger partial charge in [-0.1, -0.05) is 0 Å². The minimum Gasteiger partial charge on any atom is -0.494 e. The second kappa shape index (κ2) is 8.90. The minimum atomic E-state index is -0.588. The summed E-state index contributed by atoms with van der Waals surface area (Å²) in [5.74, 6) is 0.782. The monoisotopic (exact) mass is 472 g/mol. The van der Waals surface area contributed by atoms with E-state index in [0.717, 1.165) is 33.7 Å². The number of ether oxygens (including phenoxy) is 2. The summed E-state index contributed by atoms with van der Waals surface area (Å²) < 4.78 is 27.5. The molecule has 176 valence electrons. The molecule has 0 saturated heterocycles. The van der Waals surface area contributed by atoms with Crippen LogP contribution in [-0.4, -0.2) is 44.2 Å². The Labute approximate surface area is 199 Å². The predicted molar refractivity (Wildman–Crippen MR) is 128 cm³/mol. The van der Waals surface area contributed by atoms with Crippen LogP contribution in [0, 0.1) is 12.7 Å². The number of nitrogens with zero attached hydrogens (tertiary/aromatic N) is 5. The van der Waals surface area contributed by atoms with Crippen LogP contribution in [-0.2, 0) is 4.74 Å². The van der Waals surface area contributed by atoms with Crippen molar-refractivity contribution in [3.05, 3.63) is 78.8 Å². The van der Waals surface area contributed by atoms with E-state index in [1.807, 2.05) is 40.4 Å². The number of fused-ring (bicyclic) bond motifs is 1. The van der Waals surface area contributed by atoms with Gasteiger partial charge in [0.2, 0.25) is 0 Å². The third-order valence-corrected chi connectivity index (χ3v) is 5.58. The summed E-state index contributed by atoms with van der Waals surface area (Å²) in [6, 6.07) is 10.2. The van der Waals surface area contributed by atoms with E-state index in [1.54, 1.807) is 36.8 Å². The molecule has 4 heterocycles. The summed E-state index contributed by atoms with van der Waals surface area (Å²) in [6.07, 6.45) is 8.29. The lowest BCUT2D eigenvalue weighted by Crippen LogP contribution is -2.11. The molecular weight excluding hydrogens is 451 g/mol. The number of hydrogen-bond acceptors (Lipinski definition) is 6. The van der Waals surface area contributed by atoms with E-state index in [0.29, 0.717) is 11.6 Å². The van der Waals surface area contributed by atoms with E-state index in [-0.39, 0.29) is 5.75 Å². The number of amides is 1. The van der Waals surface area contributed by atoms with Crippen molar-refractivity contribution in [1.29, 1.82) is 0 Å². The third-order valence-electron chi connectivity index (χ3n) is 5.58. The van der Waals surface area contributed by atoms with Crippen molar-refractivity contribution in [2.45, 2.75) is 6.92 Å². The standard InChI is InChI=1S/C25H21FN6O3/c1-15-10-17(24-27-8-9-31(24)18-5-6-19(26)21(11-18)34-2)14-32-20(13-29-23(15)32)16-4-7-22(28-12-16)30-25(33)35-3/h4-14H,1-3H3,(H,28,30,33). The SMILES string of the molecule is COC(=O)Nc1ccc(-c2cnc3c(C)cc(-c4nccn4-c4ccc(F)c(OC)c4)cn23)cn1. The number of benzene rings is 1. The van der Waals surface area contributed by atoms with Crippen LogP contribution >= 0.6 is 0 Å². The number of pyridine rings is 2. The first kappa shape index (κ1) is 22.1. The van der Waals surface area contributed by atoms with Crippen molar-refractivity contribution in [1.82, 2.24) is 23.9 Å². The van der Waals surface area contributed by atoms with Gasteiger partial charge in [0.05, 0.1) is 31.8 Å². The number of rotatable bonds is 5. The van der Waals surface area contributed by atoms with Gasteiger partial charge in [0.25, 0.3) is 0 Å². The fourth-order valence-electron chi connectivity index (χ4n) is 3.89. The van der Waals surface area contributed by atoms with E-state index in [9.17, 15) is 9.18 Å². The Morgan fingerprint density at radius 3 is 2.63 bits per heavy atom. The molecule has 9 nitrogen and oxygen atoms in total. The second-order valence-corrected chi connectivity index (χ2v) is 7.74. The van der Waals surface area contributed by atoms with Gasteiger partial charge >= 0.3 is 6.09 Å². The molecule has 0 saturated carbocycles. The molecule has 10 heteroatoms. The highest BCUT2D eigenvalue weighted by Crippen LogP contribution is 2.29. The highest BCUT2D eigenvalue weighted by molar-refractivity contribution is 5.83. The Balaban J connectivity index is 1.57. The Bertz CT molecular complexity index is 1540. The van der Waals surface area contributed by atoms with Crippen LogP contribution < -0.4 is 10.1 Å². The fourth-order valence-corrected chi connectivity index (χ4v) is 3.89. The Morgan fingerprint density at radius 2 is 1.89 bits per heavy atom. The normalized spacial score (nSPS) is 11.0. The largest absolute Gasteiger partial charge is 0.494 e. The molecule has 0 aliphatic rings. The van der Waals surface area contributed by atoms with Crippen molar-refractivity contribution in [2.24, 2.45) is 0 Å². The number of carbonyl (C=O) groups is 1. The highest BCUT2D eigenvalue weighted by atomic mass is 19.1. The van der Waals surface area contributed by atoms with Gasteiger partial charge in [-0.2, -0.15) is 0 Å².